The molecule has 0 unspecified atom stereocenters. The average Bonchev–Trinajstić information content (AvgIpc) is 3.04. The van der Waals surface area contributed by atoms with E-state index in [2.05, 4.69) is 12.2 Å². The van der Waals surface area contributed by atoms with Crippen molar-refractivity contribution in [2.75, 3.05) is 19.4 Å². The van der Waals surface area contributed by atoms with Gasteiger partial charge in [0.2, 0.25) is 0 Å². The molecule has 2 rings (SSSR count). The van der Waals surface area contributed by atoms with Gasteiger partial charge >= 0.3 is 0 Å². The summed E-state index contributed by atoms with van der Waals surface area (Å²) < 4.78 is 5.08. The first-order valence-electron chi connectivity index (χ1n) is 5.75. The summed E-state index contributed by atoms with van der Waals surface area (Å²) >= 11 is 0. The lowest BCUT2D eigenvalue weighted by molar-refractivity contribution is 0.0946. The highest BCUT2D eigenvalue weighted by molar-refractivity contribution is 5.95. The minimum absolute atomic E-state index is 0.0938. The molecule has 17 heavy (non-hydrogen) atoms. The quantitative estimate of drug-likeness (QED) is 0.781. The lowest BCUT2D eigenvalue weighted by Crippen LogP contribution is -2.29. The first-order valence-corrected chi connectivity index (χ1v) is 5.75. The van der Waals surface area contributed by atoms with Crippen molar-refractivity contribution in [2.45, 2.75) is 19.8 Å². The highest BCUT2D eigenvalue weighted by Crippen LogP contribution is 2.44. The van der Waals surface area contributed by atoms with E-state index in [-0.39, 0.29) is 5.91 Å². The molecule has 0 spiro atoms. The zero-order chi connectivity index (χ0) is 12.5. The highest BCUT2D eigenvalue weighted by Gasteiger charge is 2.37. The Balaban J connectivity index is 2.04. The van der Waals surface area contributed by atoms with Crippen molar-refractivity contribution in [3.8, 4) is 5.75 Å². The fraction of sp³-hybridized carbons (Fsp3) is 0.462. The van der Waals surface area contributed by atoms with Gasteiger partial charge < -0.3 is 15.8 Å². The van der Waals surface area contributed by atoms with E-state index in [1.807, 2.05) is 0 Å². The number of carbonyl (C=O) groups is 1. The van der Waals surface area contributed by atoms with Crippen molar-refractivity contribution in [2.24, 2.45) is 5.41 Å². The number of rotatable bonds is 4. The van der Waals surface area contributed by atoms with E-state index in [1.54, 1.807) is 25.3 Å². The zero-order valence-corrected chi connectivity index (χ0v) is 10.2. The molecule has 1 aliphatic carbocycles. The maximum atomic E-state index is 11.9. The van der Waals surface area contributed by atoms with Crippen LogP contribution in [0.5, 0.6) is 5.75 Å². The molecule has 0 heterocycles. The van der Waals surface area contributed by atoms with Gasteiger partial charge in [0.1, 0.15) is 5.75 Å². The second-order valence-electron chi connectivity index (χ2n) is 4.99. The Morgan fingerprint density at radius 3 is 2.76 bits per heavy atom. The summed E-state index contributed by atoms with van der Waals surface area (Å²) in [4.78, 5) is 11.9. The molecule has 4 heteroatoms. The standard InChI is InChI=1S/C13H18N2O2/c1-13(3-4-13)8-15-12(16)9-5-10(14)7-11(6-9)17-2/h5-7H,3-4,8,14H2,1-2H3,(H,15,16). The Morgan fingerprint density at radius 1 is 1.47 bits per heavy atom. The Bertz CT molecular complexity index is 439. The maximum absolute atomic E-state index is 11.9. The van der Waals surface area contributed by atoms with Gasteiger partial charge in [0, 0.05) is 23.9 Å². The lowest BCUT2D eigenvalue weighted by atomic mass is 10.1. The van der Waals surface area contributed by atoms with Crippen LogP contribution in [0.25, 0.3) is 0 Å². The monoisotopic (exact) mass is 234 g/mol. The first kappa shape index (κ1) is 11.8. The van der Waals surface area contributed by atoms with Crippen LogP contribution in [-0.2, 0) is 0 Å². The second kappa shape index (κ2) is 4.28. The Morgan fingerprint density at radius 2 is 2.18 bits per heavy atom. The van der Waals surface area contributed by atoms with Gasteiger partial charge in [0.25, 0.3) is 5.91 Å². The minimum atomic E-state index is -0.0938. The number of nitrogen functional groups attached to an aromatic ring is 1. The van der Waals surface area contributed by atoms with Crippen LogP contribution in [0.4, 0.5) is 5.69 Å². The largest absolute Gasteiger partial charge is 0.497 e. The summed E-state index contributed by atoms with van der Waals surface area (Å²) in [6.45, 7) is 2.90. The molecule has 1 amide bonds. The molecule has 0 bridgehead atoms. The summed E-state index contributed by atoms with van der Waals surface area (Å²) in [7, 11) is 1.56. The van der Waals surface area contributed by atoms with Crippen molar-refractivity contribution >= 4 is 11.6 Å². The first-order chi connectivity index (χ1) is 8.02. The average molecular weight is 234 g/mol. The molecule has 1 fully saturated rings. The van der Waals surface area contributed by atoms with Crippen LogP contribution in [0, 0.1) is 5.41 Å². The van der Waals surface area contributed by atoms with Crippen LogP contribution in [0.1, 0.15) is 30.1 Å². The van der Waals surface area contributed by atoms with Gasteiger partial charge in [-0.2, -0.15) is 0 Å². The topological polar surface area (TPSA) is 64.3 Å². The summed E-state index contributed by atoms with van der Waals surface area (Å²) in [5.41, 5.74) is 7.09. The summed E-state index contributed by atoms with van der Waals surface area (Å²) in [6.07, 6.45) is 2.38. The van der Waals surface area contributed by atoms with Gasteiger partial charge in [-0.15, -0.1) is 0 Å². The van der Waals surface area contributed by atoms with Crippen molar-refractivity contribution in [3.05, 3.63) is 23.8 Å². The highest BCUT2D eigenvalue weighted by atomic mass is 16.5. The number of hydrogen-bond acceptors (Lipinski definition) is 3. The van der Waals surface area contributed by atoms with Crippen molar-refractivity contribution < 1.29 is 9.53 Å². The number of carbonyl (C=O) groups excluding carboxylic acids is 1. The van der Waals surface area contributed by atoms with Crippen LogP contribution in [0.15, 0.2) is 18.2 Å². The van der Waals surface area contributed by atoms with Gasteiger partial charge in [-0.3, -0.25) is 4.79 Å². The second-order valence-corrected chi connectivity index (χ2v) is 4.99. The Hall–Kier alpha value is -1.71. The molecule has 0 radical (unpaired) electrons. The molecule has 1 aliphatic rings. The van der Waals surface area contributed by atoms with E-state index >= 15 is 0 Å². The summed E-state index contributed by atoms with van der Waals surface area (Å²) in [5, 5.41) is 2.93. The Kier molecular flexibility index (Phi) is 2.96. The molecular formula is C13H18N2O2. The fourth-order valence-electron chi connectivity index (χ4n) is 1.66. The van der Waals surface area contributed by atoms with E-state index in [0.717, 1.165) is 6.54 Å². The predicted octanol–water partition coefficient (Wildman–Crippen LogP) is 1.81. The molecule has 0 aliphatic heterocycles. The SMILES string of the molecule is COc1cc(N)cc(C(=O)NCC2(C)CC2)c1. The van der Waals surface area contributed by atoms with Gasteiger partial charge in [-0.1, -0.05) is 6.92 Å². The smallest absolute Gasteiger partial charge is 0.251 e. The molecule has 3 N–H and O–H groups in total. The fourth-order valence-corrected chi connectivity index (χ4v) is 1.66. The van der Waals surface area contributed by atoms with Gasteiger partial charge in [-0.05, 0) is 30.4 Å². The normalized spacial score (nSPS) is 16.4. The van der Waals surface area contributed by atoms with Crippen LogP contribution in [0.2, 0.25) is 0 Å². The minimum Gasteiger partial charge on any atom is -0.497 e. The third-order valence-corrected chi connectivity index (χ3v) is 3.21. The maximum Gasteiger partial charge on any atom is 0.251 e. The number of ether oxygens (including phenoxy) is 1. The van der Waals surface area contributed by atoms with E-state index < -0.39 is 0 Å². The number of amides is 1. The lowest BCUT2D eigenvalue weighted by Gasteiger charge is -2.11. The van der Waals surface area contributed by atoms with Crippen molar-refractivity contribution in [1.29, 1.82) is 0 Å². The number of anilines is 1. The van der Waals surface area contributed by atoms with Crippen LogP contribution < -0.4 is 15.8 Å². The predicted molar refractivity (Wildman–Crippen MR) is 67.1 cm³/mol. The molecule has 92 valence electrons. The van der Waals surface area contributed by atoms with E-state index in [9.17, 15) is 4.79 Å². The molecule has 1 aromatic carbocycles. The number of benzene rings is 1. The zero-order valence-electron chi connectivity index (χ0n) is 10.2. The van der Waals surface area contributed by atoms with Gasteiger partial charge in [0.05, 0.1) is 7.11 Å². The third-order valence-electron chi connectivity index (χ3n) is 3.21. The van der Waals surface area contributed by atoms with E-state index in [1.165, 1.54) is 12.8 Å². The summed E-state index contributed by atoms with van der Waals surface area (Å²) in [6, 6.07) is 5.05. The molecule has 1 aromatic rings. The molecule has 0 saturated heterocycles. The van der Waals surface area contributed by atoms with E-state index in [4.69, 9.17) is 10.5 Å². The van der Waals surface area contributed by atoms with E-state index in [0.29, 0.717) is 22.4 Å². The molecule has 0 atom stereocenters. The van der Waals surface area contributed by atoms with Crippen LogP contribution in [0.3, 0.4) is 0 Å². The van der Waals surface area contributed by atoms with Crippen molar-refractivity contribution in [1.82, 2.24) is 5.32 Å². The molecular weight excluding hydrogens is 216 g/mol. The van der Waals surface area contributed by atoms with Crippen molar-refractivity contribution in [3.63, 3.8) is 0 Å². The van der Waals surface area contributed by atoms with Crippen LogP contribution in [-0.4, -0.2) is 19.6 Å². The van der Waals surface area contributed by atoms with Gasteiger partial charge in [-0.25, -0.2) is 0 Å². The third kappa shape index (κ3) is 2.90. The number of methoxy groups -OCH3 is 1. The molecule has 0 aromatic heterocycles. The molecule has 4 nitrogen and oxygen atoms in total. The molecule has 1 saturated carbocycles. The van der Waals surface area contributed by atoms with Gasteiger partial charge in [0.15, 0.2) is 0 Å². The number of hydrogen-bond donors (Lipinski definition) is 2. The number of nitrogens with two attached hydrogens (primary N) is 1. The Labute approximate surface area is 101 Å². The summed E-state index contributed by atoms with van der Waals surface area (Å²) in [5.74, 6) is 0.511. The van der Waals surface area contributed by atoms with Crippen LogP contribution >= 0.6 is 0 Å². The number of nitrogens with one attached hydrogen (secondary N) is 1.